The molecule has 1 saturated carbocycles. The minimum Gasteiger partial charge on any atom is -0.389 e. The molecule has 0 aliphatic heterocycles. The molecule has 1 aliphatic rings. The van der Waals surface area contributed by atoms with Crippen molar-refractivity contribution in [2.45, 2.75) is 57.5 Å². The van der Waals surface area contributed by atoms with Crippen molar-refractivity contribution >= 4 is 0 Å². The number of rotatable bonds is 6. The summed E-state index contributed by atoms with van der Waals surface area (Å²) in [5, 5.41) is 10.9. The van der Waals surface area contributed by atoms with Crippen molar-refractivity contribution < 1.29 is 5.11 Å². The van der Waals surface area contributed by atoms with Crippen molar-refractivity contribution in [3.05, 3.63) is 25.3 Å². The molecule has 1 heteroatoms. The Kier molecular flexibility index (Phi) is 5.27. The Labute approximate surface area is 100 Å². The standard InChI is InChI=1S/C15H26O/c1-4-6-12-15(16,13(3)5-2)14-10-8-7-9-11-14/h4-5,13-14,16H,1-2,6-12H2,3H3. The van der Waals surface area contributed by atoms with E-state index in [-0.39, 0.29) is 5.92 Å². The zero-order valence-electron chi connectivity index (χ0n) is 10.6. The first-order valence-corrected chi connectivity index (χ1v) is 6.61. The molecule has 1 N–H and O–H groups in total. The lowest BCUT2D eigenvalue weighted by Gasteiger charge is -2.42. The van der Waals surface area contributed by atoms with Gasteiger partial charge < -0.3 is 5.11 Å². The number of aliphatic hydroxyl groups is 1. The molecule has 0 aromatic carbocycles. The summed E-state index contributed by atoms with van der Waals surface area (Å²) >= 11 is 0. The van der Waals surface area contributed by atoms with E-state index in [0.29, 0.717) is 5.92 Å². The summed E-state index contributed by atoms with van der Waals surface area (Å²) < 4.78 is 0. The fraction of sp³-hybridized carbons (Fsp3) is 0.733. The van der Waals surface area contributed by atoms with E-state index >= 15 is 0 Å². The minimum absolute atomic E-state index is 0.176. The van der Waals surface area contributed by atoms with Crippen LogP contribution in [0.5, 0.6) is 0 Å². The van der Waals surface area contributed by atoms with Crippen LogP contribution in [-0.4, -0.2) is 10.7 Å². The maximum Gasteiger partial charge on any atom is 0.0738 e. The van der Waals surface area contributed by atoms with Crippen molar-refractivity contribution in [2.75, 3.05) is 0 Å². The molecule has 2 atom stereocenters. The van der Waals surface area contributed by atoms with Crippen LogP contribution in [0.15, 0.2) is 25.3 Å². The van der Waals surface area contributed by atoms with Crippen LogP contribution in [0.3, 0.4) is 0 Å². The first-order chi connectivity index (χ1) is 7.65. The summed E-state index contributed by atoms with van der Waals surface area (Å²) in [4.78, 5) is 0. The highest BCUT2D eigenvalue weighted by atomic mass is 16.3. The largest absolute Gasteiger partial charge is 0.389 e. The first-order valence-electron chi connectivity index (χ1n) is 6.61. The molecule has 0 heterocycles. The number of hydrogen-bond acceptors (Lipinski definition) is 1. The fourth-order valence-electron chi connectivity index (χ4n) is 2.94. The molecule has 92 valence electrons. The molecule has 16 heavy (non-hydrogen) atoms. The summed E-state index contributed by atoms with van der Waals surface area (Å²) in [5.41, 5.74) is -0.559. The lowest BCUT2D eigenvalue weighted by molar-refractivity contribution is -0.0677. The van der Waals surface area contributed by atoms with Crippen molar-refractivity contribution in [1.29, 1.82) is 0 Å². The van der Waals surface area contributed by atoms with Crippen LogP contribution >= 0.6 is 0 Å². The smallest absolute Gasteiger partial charge is 0.0738 e. The van der Waals surface area contributed by atoms with Gasteiger partial charge in [-0.3, -0.25) is 0 Å². The SMILES string of the molecule is C=CCCC(O)(C(C)C=C)C1CCCCC1. The second kappa shape index (κ2) is 6.24. The Morgan fingerprint density at radius 2 is 1.94 bits per heavy atom. The summed E-state index contributed by atoms with van der Waals surface area (Å²) in [6.07, 6.45) is 11.7. The van der Waals surface area contributed by atoms with Crippen LogP contribution in [0, 0.1) is 11.8 Å². The number of hydrogen-bond donors (Lipinski definition) is 1. The van der Waals surface area contributed by atoms with E-state index in [9.17, 15) is 5.11 Å². The monoisotopic (exact) mass is 222 g/mol. The Hall–Kier alpha value is -0.560. The maximum absolute atomic E-state index is 10.9. The lowest BCUT2D eigenvalue weighted by atomic mass is 9.69. The normalized spacial score (nSPS) is 23.4. The van der Waals surface area contributed by atoms with Gasteiger partial charge in [-0.25, -0.2) is 0 Å². The molecular formula is C15H26O. The molecule has 1 aliphatic carbocycles. The van der Waals surface area contributed by atoms with Crippen molar-refractivity contribution in [2.24, 2.45) is 11.8 Å². The highest BCUT2D eigenvalue weighted by Gasteiger charge is 2.39. The molecule has 1 fully saturated rings. The summed E-state index contributed by atoms with van der Waals surface area (Å²) in [6.45, 7) is 9.69. The van der Waals surface area contributed by atoms with Crippen LogP contribution in [0.25, 0.3) is 0 Å². The van der Waals surface area contributed by atoms with Crippen molar-refractivity contribution in [3.8, 4) is 0 Å². The minimum atomic E-state index is -0.559. The topological polar surface area (TPSA) is 20.2 Å². The average molecular weight is 222 g/mol. The van der Waals surface area contributed by atoms with Gasteiger partial charge in [-0.2, -0.15) is 0 Å². The van der Waals surface area contributed by atoms with E-state index in [1.165, 1.54) is 32.1 Å². The lowest BCUT2D eigenvalue weighted by Crippen LogP contribution is -2.44. The predicted molar refractivity (Wildman–Crippen MR) is 70.3 cm³/mol. The van der Waals surface area contributed by atoms with E-state index in [1.54, 1.807) is 0 Å². The van der Waals surface area contributed by atoms with Gasteiger partial charge in [0.05, 0.1) is 5.60 Å². The molecular weight excluding hydrogens is 196 g/mol. The van der Waals surface area contributed by atoms with Crippen LogP contribution < -0.4 is 0 Å². The first kappa shape index (κ1) is 13.5. The van der Waals surface area contributed by atoms with Gasteiger partial charge in [-0.05, 0) is 31.6 Å². The Balaban J connectivity index is 2.74. The molecule has 2 unspecified atom stereocenters. The quantitative estimate of drug-likeness (QED) is 0.671. The Morgan fingerprint density at radius 1 is 1.31 bits per heavy atom. The second-order valence-electron chi connectivity index (χ2n) is 5.18. The van der Waals surface area contributed by atoms with Gasteiger partial charge in [-0.1, -0.05) is 38.3 Å². The van der Waals surface area contributed by atoms with E-state index in [2.05, 4.69) is 20.1 Å². The summed E-state index contributed by atoms with van der Waals surface area (Å²) in [5.74, 6) is 0.629. The van der Waals surface area contributed by atoms with E-state index in [0.717, 1.165) is 12.8 Å². The van der Waals surface area contributed by atoms with Gasteiger partial charge >= 0.3 is 0 Å². The molecule has 1 rings (SSSR count). The molecule has 0 saturated heterocycles. The van der Waals surface area contributed by atoms with E-state index in [4.69, 9.17) is 0 Å². The third kappa shape index (κ3) is 2.98. The van der Waals surface area contributed by atoms with Crippen LogP contribution in [0.1, 0.15) is 51.9 Å². The number of allylic oxidation sites excluding steroid dienone is 1. The molecule has 0 amide bonds. The van der Waals surface area contributed by atoms with Gasteiger partial charge in [-0.15, -0.1) is 13.2 Å². The van der Waals surface area contributed by atoms with Gasteiger partial charge in [0.15, 0.2) is 0 Å². The van der Waals surface area contributed by atoms with Crippen LogP contribution in [0.2, 0.25) is 0 Å². The summed E-state index contributed by atoms with van der Waals surface area (Å²) in [6, 6.07) is 0. The van der Waals surface area contributed by atoms with Gasteiger partial charge in [0, 0.05) is 5.92 Å². The van der Waals surface area contributed by atoms with Gasteiger partial charge in [0.2, 0.25) is 0 Å². The van der Waals surface area contributed by atoms with Crippen LogP contribution in [0.4, 0.5) is 0 Å². The molecule has 0 spiro atoms. The Morgan fingerprint density at radius 3 is 2.44 bits per heavy atom. The molecule has 0 bridgehead atoms. The van der Waals surface area contributed by atoms with Crippen LogP contribution in [-0.2, 0) is 0 Å². The second-order valence-corrected chi connectivity index (χ2v) is 5.18. The highest BCUT2D eigenvalue weighted by molar-refractivity contribution is 4.99. The zero-order valence-corrected chi connectivity index (χ0v) is 10.6. The third-order valence-corrected chi connectivity index (χ3v) is 4.20. The Bertz CT molecular complexity index is 228. The van der Waals surface area contributed by atoms with Crippen molar-refractivity contribution in [3.63, 3.8) is 0 Å². The predicted octanol–water partition coefficient (Wildman–Crippen LogP) is 4.09. The van der Waals surface area contributed by atoms with E-state index < -0.39 is 5.60 Å². The molecule has 0 aromatic heterocycles. The summed E-state index contributed by atoms with van der Waals surface area (Å²) in [7, 11) is 0. The average Bonchev–Trinajstić information content (AvgIpc) is 2.36. The molecule has 1 nitrogen and oxygen atoms in total. The van der Waals surface area contributed by atoms with Gasteiger partial charge in [0.1, 0.15) is 0 Å². The van der Waals surface area contributed by atoms with Crippen molar-refractivity contribution in [1.82, 2.24) is 0 Å². The maximum atomic E-state index is 10.9. The fourth-order valence-corrected chi connectivity index (χ4v) is 2.94. The molecule has 0 radical (unpaired) electrons. The highest BCUT2D eigenvalue weighted by Crippen LogP contribution is 2.40. The van der Waals surface area contributed by atoms with E-state index in [1.807, 2.05) is 12.2 Å². The molecule has 0 aromatic rings. The zero-order chi connectivity index (χ0) is 12.0. The van der Waals surface area contributed by atoms with Gasteiger partial charge in [0.25, 0.3) is 0 Å². The third-order valence-electron chi connectivity index (χ3n) is 4.20.